The van der Waals surface area contributed by atoms with Crippen molar-refractivity contribution in [3.63, 3.8) is 0 Å². The van der Waals surface area contributed by atoms with Gasteiger partial charge in [0, 0.05) is 75.3 Å². The van der Waals surface area contributed by atoms with Crippen molar-refractivity contribution in [3.8, 4) is 34.2 Å². The van der Waals surface area contributed by atoms with Crippen LogP contribution in [0.2, 0.25) is 0 Å². The minimum Gasteiger partial charge on any atom is -0.464 e. The van der Waals surface area contributed by atoms with E-state index in [1.165, 1.54) is 5.01 Å². The van der Waals surface area contributed by atoms with Gasteiger partial charge < -0.3 is 29.2 Å². The van der Waals surface area contributed by atoms with E-state index in [0.717, 1.165) is 75.8 Å². The van der Waals surface area contributed by atoms with E-state index < -0.39 is 41.3 Å². The summed E-state index contributed by atoms with van der Waals surface area (Å²) < 4.78 is 14.1. The van der Waals surface area contributed by atoms with Crippen molar-refractivity contribution < 1.29 is 33.4 Å². The maximum absolute atomic E-state index is 14.8. The lowest BCUT2D eigenvalue weighted by Crippen LogP contribution is -2.62. The van der Waals surface area contributed by atoms with Crippen molar-refractivity contribution in [2.24, 2.45) is 24.3 Å². The lowest BCUT2D eigenvalue weighted by Gasteiger charge is -2.37. The third kappa shape index (κ3) is 10.00. The number of amides is 4. The summed E-state index contributed by atoms with van der Waals surface area (Å²) in [6.45, 7) is 8.94. The van der Waals surface area contributed by atoms with Gasteiger partial charge in [-0.2, -0.15) is 0 Å². The lowest BCUT2D eigenvalue weighted by molar-refractivity contribution is -0.155. The van der Waals surface area contributed by atoms with Crippen LogP contribution in [0.1, 0.15) is 95.6 Å². The molecule has 0 radical (unpaired) electrons. The van der Waals surface area contributed by atoms with E-state index in [9.17, 15) is 24.0 Å². The van der Waals surface area contributed by atoms with Crippen molar-refractivity contribution >= 4 is 40.5 Å². The van der Waals surface area contributed by atoms with Gasteiger partial charge in [-0.05, 0) is 111 Å². The first-order chi connectivity index (χ1) is 32.2. The highest BCUT2D eigenvalue weighted by Gasteiger charge is 2.42. The Morgan fingerprint density at radius 2 is 1.78 bits per heavy atom. The van der Waals surface area contributed by atoms with Crippen LogP contribution in [0.5, 0.6) is 0 Å². The molecule has 1 saturated carbocycles. The van der Waals surface area contributed by atoms with Crippen molar-refractivity contribution in [1.29, 1.82) is 0 Å². The number of aromatic nitrogens is 2. The van der Waals surface area contributed by atoms with Crippen LogP contribution in [-0.2, 0) is 53.3 Å². The monoisotopic (exact) mass is 911 g/mol. The average molecular weight is 912 g/mol. The number of cyclic esters (lactones) is 1. The zero-order valence-corrected chi connectivity index (χ0v) is 40.0. The maximum atomic E-state index is 14.8. The predicted octanol–water partition coefficient (Wildman–Crippen LogP) is 6.15. The van der Waals surface area contributed by atoms with Gasteiger partial charge in [0.2, 0.25) is 11.8 Å². The number of esters is 1. The van der Waals surface area contributed by atoms with Gasteiger partial charge in [0.1, 0.15) is 18.1 Å². The molecule has 5 heterocycles. The number of likely N-dealkylation sites (tertiary alicyclic amines) is 1. The fourth-order valence-corrected chi connectivity index (χ4v) is 10.8. The molecule has 1 aliphatic carbocycles. The number of hydrogen-bond donors (Lipinski definition) is 2. The van der Waals surface area contributed by atoms with Crippen molar-refractivity contribution in [3.05, 3.63) is 77.6 Å². The Morgan fingerprint density at radius 3 is 2.54 bits per heavy atom. The Balaban J connectivity index is 1.17. The van der Waals surface area contributed by atoms with Crippen LogP contribution in [0.25, 0.3) is 33.3 Å². The number of rotatable bonds is 8. The molecular weight excluding hydrogens is 847 g/mol. The Kier molecular flexibility index (Phi) is 14.2. The second-order valence-electron chi connectivity index (χ2n) is 19.7. The standard InChI is InChI=1S/C53H65N7O7/c1-8-14-45(61)59-26-23-38(31-59)50(63)58(6)47(35-16-9-10-17-35)49(62)55-43-28-34-15-11-18-36(27-34)37-21-22-44-40(29-37)41(48(57(44)5)39-19-12-24-54-46(39)33(2)66-7)30-53(3,4)32-67-52(65)42-20-13-25-60(56-42)51(43)64/h11-12,15,18-19,21-22,24,27,29,33,35,38,42-43,47,56H,9-10,13,16-17,20,23,25-26,28,30-32H2,1-7H3,(H,55,62)/t33-,38-,42-,43-,47-/m0/s1. The number of hydrazine groups is 1. The Morgan fingerprint density at radius 1 is 1.00 bits per heavy atom. The largest absolute Gasteiger partial charge is 0.464 e. The van der Waals surface area contributed by atoms with E-state index in [2.05, 4.69) is 84.4 Å². The number of likely N-dealkylation sites (N-methyl/N-ethyl adjacent to an activating group) is 1. The summed E-state index contributed by atoms with van der Waals surface area (Å²) in [4.78, 5) is 78.3. The van der Waals surface area contributed by atoms with Gasteiger partial charge in [-0.25, -0.2) is 5.43 Å². The first kappa shape index (κ1) is 47.5. The first-order valence-corrected chi connectivity index (χ1v) is 23.9. The van der Waals surface area contributed by atoms with Crippen molar-refractivity contribution in [2.75, 3.05) is 40.4 Å². The van der Waals surface area contributed by atoms with Gasteiger partial charge in [-0.15, -0.1) is 0 Å². The van der Waals surface area contributed by atoms with Crippen LogP contribution < -0.4 is 10.7 Å². The van der Waals surface area contributed by atoms with Gasteiger partial charge in [0.15, 0.2) is 0 Å². The summed E-state index contributed by atoms with van der Waals surface area (Å²) in [5, 5.41) is 5.68. The molecule has 14 heteroatoms. The van der Waals surface area contributed by atoms with Gasteiger partial charge >= 0.3 is 5.97 Å². The second kappa shape index (κ2) is 20.1. The number of pyridine rings is 1. The molecule has 4 aromatic rings. The number of nitrogens with zero attached hydrogens (tertiary/aromatic N) is 5. The molecule has 0 unspecified atom stereocenters. The Hall–Kier alpha value is -6.04. The molecule has 4 amide bonds. The van der Waals surface area contributed by atoms with Crippen LogP contribution >= 0.6 is 0 Å². The molecule has 67 heavy (non-hydrogen) atoms. The summed E-state index contributed by atoms with van der Waals surface area (Å²) >= 11 is 0. The van der Waals surface area contributed by atoms with E-state index >= 15 is 0 Å². The molecule has 2 saturated heterocycles. The zero-order valence-electron chi connectivity index (χ0n) is 40.0. The minimum atomic E-state index is -1.03. The quantitative estimate of drug-likeness (QED) is 0.157. The number of hydrogen-bond acceptors (Lipinski definition) is 9. The number of fused-ring (bicyclic) bond motifs is 6. The molecule has 3 fully saturated rings. The van der Waals surface area contributed by atoms with Gasteiger partial charge in [0.05, 0.1) is 30.0 Å². The smallest absolute Gasteiger partial charge is 0.324 e. The average Bonchev–Trinajstić information content (AvgIpc) is 4.11. The third-order valence-corrected chi connectivity index (χ3v) is 14.4. The van der Waals surface area contributed by atoms with Crippen molar-refractivity contribution in [2.45, 2.75) is 110 Å². The van der Waals surface area contributed by atoms with Crippen LogP contribution in [0.15, 0.2) is 60.8 Å². The number of methoxy groups -OCH3 is 1. The van der Waals surface area contributed by atoms with Gasteiger partial charge in [-0.3, -0.25) is 34.0 Å². The van der Waals surface area contributed by atoms with Crippen LogP contribution in [0.4, 0.5) is 0 Å². The molecule has 2 aromatic carbocycles. The molecule has 3 aliphatic heterocycles. The molecule has 14 nitrogen and oxygen atoms in total. The number of nitrogens with one attached hydrogen (secondary N) is 2. The van der Waals surface area contributed by atoms with E-state index in [1.54, 1.807) is 37.1 Å². The van der Waals surface area contributed by atoms with E-state index in [4.69, 9.17) is 14.5 Å². The van der Waals surface area contributed by atoms with Crippen molar-refractivity contribution in [1.82, 2.24) is 35.1 Å². The van der Waals surface area contributed by atoms with Crippen LogP contribution in [-0.4, -0.2) is 112 Å². The van der Waals surface area contributed by atoms with Crippen LogP contribution in [0, 0.1) is 29.1 Å². The fourth-order valence-electron chi connectivity index (χ4n) is 10.8. The first-order valence-electron chi connectivity index (χ1n) is 23.9. The maximum Gasteiger partial charge on any atom is 0.324 e. The van der Waals surface area contributed by atoms with Gasteiger partial charge in [-0.1, -0.05) is 62.9 Å². The van der Waals surface area contributed by atoms with E-state index in [-0.39, 0.29) is 49.3 Å². The molecular formula is C53H65N7O7. The van der Waals surface area contributed by atoms with Gasteiger partial charge in [0.25, 0.3) is 11.8 Å². The summed E-state index contributed by atoms with van der Waals surface area (Å²) in [6, 6.07) is 16.0. The number of aryl methyl sites for hydroxylation is 1. The number of carbonyl (C=O) groups excluding carboxylic acids is 5. The highest BCUT2D eigenvalue weighted by Crippen LogP contribution is 2.41. The number of ether oxygens (including phenoxy) is 2. The molecule has 0 spiro atoms. The summed E-state index contributed by atoms with van der Waals surface area (Å²) in [5.41, 5.74) is 10.4. The topological polar surface area (TPSA) is 155 Å². The molecule has 6 bridgehead atoms. The summed E-state index contributed by atoms with van der Waals surface area (Å²) in [7, 11) is 5.43. The molecule has 5 atom stereocenters. The molecule has 2 aromatic heterocycles. The summed E-state index contributed by atoms with van der Waals surface area (Å²) in [6.07, 6.45) is 7.23. The summed E-state index contributed by atoms with van der Waals surface area (Å²) in [5.74, 6) is 2.93. The molecule has 4 aliphatic rings. The normalized spacial score (nSPS) is 22.0. The second-order valence-corrected chi connectivity index (χ2v) is 19.7. The number of benzene rings is 2. The Labute approximate surface area is 394 Å². The van der Waals surface area contributed by atoms with Crippen LogP contribution in [0.3, 0.4) is 0 Å². The Bertz CT molecular complexity index is 2600. The van der Waals surface area contributed by atoms with E-state index in [0.29, 0.717) is 38.8 Å². The highest BCUT2D eigenvalue weighted by molar-refractivity contribution is 5.97. The third-order valence-electron chi connectivity index (χ3n) is 14.4. The minimum absolute atomic E-state index is 0.0976. The lowest BCUT2D eigenvalue weighted by atomic mass is 9.84. The molecule has 8 rings (SSSR count). The fraction of sp³-hybridized carbons (Fsp3) is 0.509. The predicted molar refractivity (Wildman–Crippen MR) is 256 cm³/mol. The molecule has 354 valence electrons. The zero-order chi connectivity index (χ0) is 47.6. The SMILES string of the molecule is CC#CC(=O)N1CC[C@H](C(=O)N(C)[C@H](C(=O)N[C@H]2Cc3cccc(c3)-c3ccc4c(c3)c(c(-c3cccnc3[C@H](C)OC)n4C)CC(C)(C)COC(=O)[C@@H]3CCCN(N3)C2=O)C2CCCC2)C1. The number of carbonyl (C=O) groups is 5. The van der Waals surface area contributed by atoms with E-state index in [1.807, 2.05) is 25.1 Å². The molecule has 2 N–H and O–H groups in total. The highest BCUT2D eigenvalue weighted by atomic mass is 16.5.